The Morgan fingerprint density at radius 3 is 2.51 bits per heavy atom. The summed E-state index contributed by atoms with van der Waals surface area (Å²) in [5, 5.41) is 5.78. The van der Waals surface area contributed by atoms with Gasteiger partial charge in [-0.3, -0.25) is 29.4 Å². The van der Waals surface area contributed by atoms with Gasteiger partial charge in [-0.15, -0.1) is 0 Å². The highest BCUT2D eigenvalue weighted by Crippen LogP contribution is 2.35. The summed E-state index contributed by atoms with van der Waals surface area (Å²) in [6.07, 6.45) is 3.29. The van der Waals surface area contributed by atoms with Crippen molar-refractivity contribution in [2.75, 3.05) is 26.3 Å². The topological polar surface area (TPSA) is 105 Å². The Morgan fingerprint density at radius 1 is 0.943 bits per heavy atom. The van der Waals surface area contributed by atoms with Crippen LogP contribution >= 0.6 is 0 Å². The first kappa shape index (κ1) is 23.4. The van der Waals surface area contributed by atoms with Crippen molar-refractivity contribution < 1.29 is 23.9 Å². The molecule has 1 unspecified atom stereocenters. The molecule has 182 valence electrons. The van der Waals surface area contributed by atoms with Gasteiger partial charge < -0.3 is 10.1 Å². The third kappa shape index (κ3) is 4.76. The maximum absolute atomic E-state index is 13.4. The number of rotatable bonds is 7. The smallest absolute Gasteiger partial charge is 0.262 e. The fourth-order valence-electron chi connectivity index (χ4n) is 5.14. The number of imide groups is 2. The van der Waals surface area contributed by atoms with Crippen LogP contribution in [0.5, 0.6) is 0 Å². The standard InChI is InChI=1S/C27H29N3O5/c31-23-8-7-22(25(32)29-23)30-26(33)21-6-2-5-20(24(21)27(30)34)19-4-1-3-17(15-19)9-12-28-16-18-10-13-35-14-11-18/h1-6,15,18,22,28H,7-14,16H2,(H,29,31,32). The van der Waals surface area contributed by atoms with E-state index in [1.54, 1.807) is 12.1 Å². The summed E-state index contributed by atoms with van der Waals surface area (Å²) in [6, 6.07) is 12.2. The van der Waals surface area contributed by atoms with Gasteiger partial charge in [0.15, 0.2) is 0 Å². The summed E-state index contributed by atoms with van der Waals surface area (Å²) >= 11 is 0. The molecule has 35 heavy (non-hydrogen) atoms. The fraction of sp³-hybridized carbons (Fsp3) is 0.407. The van der Waals surface area contributed by atoms with E-state index in [9.17, 15) is 19.2 Å². The van der Waals surface area contributed by atoms with E-state index in [0.29, 0.717) is 22.6 Å². The van der Waals surface area contributed by atoms with Crippen LogP contribution in [0.1, 0.15) is 52.0 Å². The molecule has 0 aliphatic carbocycles. The highest BCUT2D eigenvalue weighted by atomic mass is 16.5. The lowest BCUT2D eigenvalue weighted by Crippen LogP contribution is -2.54. The predicted molar refractivity (Wildman–Crippen MR) is 129 cm³/mol. The van der Waals surface area contributed by atoms with Crippen LogP contribution in [-0.2, 0) is 20.7 Å². The molecule has 2 aromatic carbocycles. The van der Waals surface area contributed by atoms with Crippen molar-refractivity contribution in [3.05, 3.63) is 59.2 Å². The van der Waals surface area contributed by atoms with Gasteiger partial charge in [0.05, 0.1) is 11.1 Å². The number of carbonyl (C=O) groups excluding carboxylic acids is 4. The lowest BCUT2D eigenvalue weighted by atomic mass is 9.95. The molecule has 0 bridgehead atoms. The van der Waals surface area contributed by atoms with E-state index in [4.69, 9.17) is 4.74 Å². The maximum atomic E-state index is 13.4. The maximum Gasteiger partial charge on any atom is 0.262 e. The molecule has 3 heterocycles. The second-order valence-electron chi connectivity index (χ2n) is 9.39. The molecule has 3 aliphatic rings. The van der Waals surface area contributed by atoms with Crippen LogP contribution < -0.4 is 10.6 Å². The van der Waals surface area contributed by atoms with E-state index >= 15 is 0 Å². The van der Waals surface area contributed by atoms with Crippen molar-refractivity contribution in [1.29, 1.82) is 0 Å². The van der Waals surface area contributed by atoms with Crippen LogP contribution in [-0.4, -0.2) is 60.9 Å². The second kappa shape index (κ2) is 10.1. The summed E-state index contributed by atoms with van der Waals surface area (Å²) in [6.45, 7) is 3.53. The van der Waals surface area contributed by atoms with E-state index in [1.165, 1.54) is 0 Å². The zero-order valence-electron chi connectivity index (χ0n) is 19.5. The van der Waals surface area contributed by atoms with E-state index in [-0.39, 0.29) is 18.7 Å². The number of benzene rings is 2. The monoisotopic (exact) mass is 475 g/mol. The number of carbonyl (C=O) groups is 4. The molecule has 2 fully saturated rings. The third-order valence-electron chi connectivity index (χ3n) is 7.07. The van der Waals surface area contributed by atoms with Crippen LogP contribution in [0.2, 0.25) is 0 Å². The van der Waals surface area contributed by atoms with Gasteiger partial charge in [-0.25, -0.2) is 0 Å². The number of nitrogens with one attached hydrogen (secondary N) is 2. The van der Waals surface area contributed by atoms with E-state index in [1.807, 2.05) is 18.2 Å². The summed E-state index contributed by atoms with van der Waals surface area (Å²) in [7, 11) is 0. The molecular weight excluding hydrogens is 446 g/mol. The molecule has 4 amide bonds. The molecule has 1 atom stereocenters. The van der Waals surface area contributed by atoms with Gasteiger partial charge in [0, 0.05) is 19.6 Å². The zero-order chi connectivity index (χ0) is 24.4. The molecule has 2 aromatic rings. The van der Waals surface area contributed by atoms with Crippen LogP contribution in [0, 0.1) is 5.92 Å². The third-order valence-corrected chi connectivity index (χ3v) is 7.07. The van der Waals surface area contributed by atoms with Gasteiger partial charge in [0.1, 0.15) is 6.04 Å². The Morgan fingerprint density at radius 2 is 1.71 bits per heavy atom. The Bertz CT molecular complexity index is 1170. The van der Waals surface area contributed by atoms with Crippen LogP contribution in [0.15, 0.2) is 42.5 Å². The minimum Gasteiger partial charge on any atom is -0.381 e. The Balaban J connectivity index is 1.32. The molecular formula is C27H29N3O5. The number of ether oxygens (including phenoxy) is 1. The molecule has 2 N–H and O–H groups in total. The lowest BCUT2D eigenvalue weighted by Gasteiger charge is -2.27. The van der Waals surface area contributed by atoms with Gasteiger partial charge in [-0.1, -0.05) is 36.4 Å². The molecule has 0 spiro atoms. The van der Waals surface area contributed by atoms with Crippen molar-refractivity contribution in [3.63, 3.8) is 0 Å². The van der Waals surface area contributed by atoms with Gasteiger partial charge in [0.25, 0.3) is 11.8 Å². The fourth-order valence-corrected chi connectivity index (χ4v) is 5.14. The lowest BCUT2D eigenvalue weighted by molar-refractivity contribution is -0.136. The van der Waals surface area contributed by atoms with E-state index < -0.39 is 23.8 Å². The van der Waals surface area contributed by atoms with E-state index in [0.717, 1.165) is 61.6 Å². The number of amides is 4. The Labute approximate surface area is 204 Å². The average Bonchev–Trinajstić information content (AvgIpc) is 3.13. The summed E-state index contributed by atoms with van der Waals surface area (Å²) in [4.78, 5) is 51.4. The first-order chi connectivity index (χ1) is 17.0. The van der Waals surface area contributed by atoms with Crippen molar-refractivity contribution in [2.24, 2.45) is 5.92 Å². The molecule has 0 saturated carbocycles. The van der Waals surface area contributed by atoms with E-state index in [2.05, 4.69) is 22.8 Å². The number of nitrogens with zero attached hydrogens (tertiary/aromatic N) is 1. The normalized spacial score (nSPS) is 20.8. The predicted octanol–water partition coefficient (Wildman–Crippen LogP) is 2.31. The van der Waals surface area contributed by atoms with Crippen LogP contribution in [0.4, 0.5) is 0 Å². The summed E-state index contributed by atoms with van der Waals surface area (Å²) in [5.74, 6) is -1.30. The van der Waals surface area contributed by atoms with Gasteiger partial charge in [-0.05, 0) is 67.4 Å². The minimum absolute atomic E-state index is 0.0985. The Kier molecular flexibility index (Phi) is 6.74. The number of hydrogen-bond donors (Lipinski definition) is 2. The second-order valence-corrected chi connectivity index (χ2v) is 9.39. The zero-order valence-corrected chi connectivity index (χ0v) is 19.5. The molecule has 8 heteroatoms. The highest BCUT2D eigenvalue weighted by molar-refractivity contribution is 6.25. The quantitative estimate of drug-likeness (QED) is 0.470. The molecule has 8 nitrogen and oxygen atoms in total. The molecule has 0 aromatic heterocycles. The van der Waals surface area contributed by atoms with Crippen molar-refractivity contribution >= 4 is 23.6 Å². The average molecular weight is 476 g/mol. The molecule has 3 aliphatic heterocycles. The summed E-state index contributed by atoms with van der Waals surface area (Å²) in [5.41, 5.74) is 3.28. The molecule has 0 radical (unpaired) electrons. The number of fused-ring (bicyclic) bond motifs is 1. The minimum atomic E-state index is -0.971. The number of piperidine rings is 1. The van der Waals surface area contributed by atoms with Crippen molar-refractivity contribution in [3.8, 4) is 11.1 Å². The van der Waals surface area contributed by atoms with Crippen LogP contribution in [0.25, 0.3) is 11.1 Å². The van der Waals surface area contributed by atoms with Crippen LogP contribution in [0.3, 0.4) is 0 Å². The number of hydrogen-bond acceptors (Lipinski definition) is 6. The summed E-state index contributed by atoms with van der Waals surface area (Å²) < 4.78 is 5.42. The molecule has 5 rings (SSSR count). The van der Waals surface area contributed by atoms with Crippen molar-refractivity contribution in [1.82, 2.24) is 15.5 Å². The first-order valence-electron chi connectivity index (χ1n) is 12.3. The largest absolute Gasteiger partial charge is 0.381 e. The highest BCUT2D eigenvalue weighted by Gasteiger charge is 2.45. The van der Waals surface area contributed by atoms with Crippen molar-refractivity contribution in [2.45, 2.75) is 38.1 Å². The van der Waals surface area contributed by atoms with Gasteiger partial charge >= 0.3 is 0 Å². The van der Waals surface area contributed by atoms with Gasteiger partial charge in [0.2, 0.25) is 11.8 Å². The first-order valence-corrected chi connectivity index (χ1v) is 12.3. The SMILES string of the molecule is O=C1CCC(N2C(=O)c3cccc(-c4cccc(CCNCC5CCOCC5)c4)c3C2=O)C(=O)N1. The molecule has 2 saturated heterocycles. The van der Waals surface area contributed by atoms with Gasteiger partial charge in [-0.2, -0.15) is 0 Å². The Hall–Kier alpha value is -3.36.